The van der Waals surface area contributed by atoms with Crippen LogP contribution in [0, 0.1) is 6.92 Å². The molecule has 0 bridgehead atoms. The highest BCUT2D eigenvalue weighted by molar-refractivity contribution is 5.74. The molecule has 5 nitrogen and oxygen atoms in total. The molecule has 2 aromatic carbocycles. The van der Waals surface area contributed by atoms with Crippen LogP contribution in [0.4, 0.5) is 0 Å². The zero-order valence-corrected chi connectivity index (χ0v) is 13.7. The van der Waals surface area contributed by atoms with E-state index in [0.29, 0.717) is 22.8 Å². The average Bonchev–Trinajstić information content (AvgIpc) is 2.91. The molecule has 0 aliphatic heterocycles. The average molecular weight is 324 g/mol. The van der Waals surface area contributed by atoms with E-state index in [0.717, 1.165) is 18.5 Å². The van der Waals surface area contributed by atoms with Crippen LogP contribution in [0.25, 0.3) is 11.3 Å². The molecule has 0 spiro atoms. The van der Waals surface area contributed by atoms with Gasteiger partial charge in [0.05, 0.1) is 5.69 Å². The van der Waals surface area contributed by atoms with Crippen LogP contribution in [-0.4, -0.2) is 20.4 Å². The van der Waals surface area contributed by atoms with Gasteiger partial charge in [-0.15, -0.1) is 0 Å². The Morgan fingerprint density at radius 3 is 2.50 bits per heavy atom. The molecule has 0 aliphatic rings. The number of phenols is 2. The largest absolute Gasteiger partial charge is 0.508 e. The standard InChI is InChI=1S/C19H20N2O3/c1-3-4-13-5-8-15(9-6-13)24-19-12(2)20-21-18(19)16-10-7-14(22)11-17(16)23/h5-11,22-23H,3-4H2,1-2H3,(H,20,21). The van der Waals surface area contributed by atoms with Crippen molar-refractivity contribution in [2.75, 3.05) is 0 Å². The number of H-pyrrole nitrogens is 1. The van der Waals surface area contributed by atoms with Gasteiger partial charge in [0.2, 0.25) is 0 Å². The lowest BCUT2D eigenvalue weighted by Crippen LogP contribution is -1.89. The van der Waals surface area contributed by atoms with E-state index >= 15 is 0 Å². The first-order valence-corrected chi connectivity index (χ1v) is 7.92. The minimum absolute atomic E-state index is 0.00233. The molecule has 0 aliphatic carbocycles. The van der Waals surface area contributed by atoms with Crippen LogP contribution in [0.1, 0.15) is 24.6 Å². The number of ether oxygens (including phenoxy) is 1. The molecule has 3 rings (SSSR count). The van der Waals surface area contributed by atoms with Crippen LogP contribution < -0.4 is 4.74 Å². The van der Waals surface area contributed by atoms with E-state index in [2.05, 4.69) is 17.1 Å². The summed E-state index contributed by atoms with van der Waals surface area (Å²) in [6.07, 6.45) is 2.14. The number of aromatic nitrogens is 2. The van der Waals surface area contributed by atoms with Crippen molar-refractivity contribution in [3.63, 3.8) is 0 Å². The number of hydrogen-bond acceptors (Lipinski definition) is 4. The van der Waals surface area contributed by atoms with Crippen LogP contribution in [0.15, 0.2) is 42.5 Å². The second-order valence-electron chi connectivity index (χ2n) is 5.72. The molecular formula is C19H20N2O3. The Bertz CT molecular complexity index is 838. The highest BCUT2D eigenvalue weighted by Crippen LogP contribution is 2.39. The van der Waals surface area contributed by atoms with Gasteiger partial charge in [-0.1, -0.05) is 25.5 Å². The van der Waals surface area contributed by atoms with Crippen LogP contribution >= 0.6 is 0 Å². The summed E-state index contributed by atoms with van der Waals surface area (Å²) >= 11 is 0. The quantitative estimate of drug-likeness (QED) is 0.644. The third-order valence-electron chi connectivity index (χ3n) is 3.81. The summed E-state index contributed by atoms with van der Waals surface area (Å²) in [5.74, 6) is 1.21. The summed E-state index contributed by atoms with van der Waals surface area (Å²) in [5.41, 5.74) is 3.03. The fraction of sp³-hybridized carbons (Fsp3) is 0.211. The zero-order valence-electron chi connectivity index (χ0n) is 13.7. The first-order chi connectivity index (χ1) is 11.6. The molecule has 0 radical (unpaired) electrons. The lowest BCUT2D eigenvalue weighted by molar-refractivity contribution is 0.450. The molecule has 0 atom stereocenters. The number of benzene rings is 2. The lowest BCUT2D eigenvalue weighted by atomic mass is 10.1. The van der Waals surface area contributed by atoms with Crippen LogP contribution in [0.5, 0.6) is 23.0 Å². The monoisotopic (exact) mass is 324 g/mol. The maximum absolute atomic E-state index is 10.1. The molecule has 0 amide bonds. The zero-order chi connectivity index (χ0) is 17.1. The summed E-state index contributed by atoms with van der Waals surface area (Å²) in [4.78, 5) is 0. The SMILES string of the molecule is CCCc1ccc(Oc2c(-c3ccc(O)cc3O)n[nH]c2C)cc1. The highest BCUT2D eigenvalue weighted by Gasteiger charge is 2.18. The Kier molecular flexibility index (Phi) is 4.42. The third-order valence-corrected chi connectivity index (χ3v) is 3.81. The molecule has 1 aromatic heterocycles. The predicted octanol–water partition coefficient (Wildman–Crippen LogP) is 4.54. The van der Waals surface area contributed by atoms with E-state index in [1.54, 1.807) is 6.07 Å². The van der Waals surface area contributed by atoms with Gasteiger partial charge < -0.3 is 14.9 Å². The lowest BCUT2D eigenvalue weighted by Gasteiger charge is -2.09. The van der Waals surface area contributed by atoms with Crippen molar-refractivity contribution < 1.29 is 14.9 Å². The van der Waals surface area contributed by atoms with E-state index in [1.165, 1.54) is 17.7 Å². The molecular weight excluding hydrogens is 304 g/mol. The minimum atomic E-state index is -0.0513. The number of aromatic hydroxyl groups is 2. The molecule has 24 heavy (non-hydrogen) atoms. The van der Waals surface area contributed by atoms with E-state index < -0.39 is 0 Å². The van der Waals surface area contributed by atoms with E-state index in [1.807, 2.05) is 31.2 Å². The van der Waals surface area contributed by atoms with Gasteiger partial charge in [-0.3, -0.25) is 5.10 Å². The first-order valence-electron chi connectivity index (χ1n) is 7.92. The van der Waals surface area contributed by atoms with Crippen molar-refractivity contribution in [1.82, 2.24) is 10.2 Å². The second-order valence-corrected chi connectivity index (χ2v) is 5.72. The fourth-order valence-electron chi connectivity index (χ4n) is 2.58. The molecule has 3 aromatic rings. The summed E-state index contributed by atoms with van der Waals surface area (Å²) in [6, 6.07) is 12.3. The summed E-state index contributed by atoms with van der Waals surface area (Å²) in [7, 11) is 0. The van der Waals surface area contributed by atoms with Crippen molar-refractivity contribution in [3.8, 4) is 34.3 Å². The summed E-state index contributed by atoms with van der Waals surface area (Å²) < 4.78 is 5.99. The first kappa shape index (κ1) is 15.9. The van der Waals surface area contributed by atoms with Gasteiger partial charge in [0.25, 0.3) is 0 Å². The number of nitrogens with zero attached hydrogens (tertiary/aromatic N) is 1. The normalized spacial score (nSPS) is 10.8. The van der Waals surface area contributed by atoms with Gasteiger partial charge in [-0.05, 0) is 43.2 Å². The maximum atomic E-state index is 10.1. The number of aromatic amines is 1. The van der Waals surface area contributed by atoms with E-state index in [-0.39, 0.29) is 11.5 Å². The Balaban J connectivity index is 1.93. The maximum Gasteiger partial charge on any atom is 0.176 e. The number of rotatable bonds is 5. The minimum Gasteiger partial charge on any atom is -0.508 e. The topological polar surface area (TPSA) is 78.4 Å². The van der Waals surface area contributed by atoms with Gasteiger partial charge in [-0.2, -0.15) is 5.10 Å². The van der Waals surface area contributed by atoms with Gasteiger partial charge >= 0.3 is 0 Å². The number of phenolic OH excluding ortho intramolecular Hbond substituents is 2. The van der Waals surface area contributed by atoms with Crippen LogP contribution in [0.2, 0.25) is 0 Å². The van der Waals surface area contributed by atoms with Gasteiger partial charge in [0.15, 0.2) is 5.75 Å². The molecule has 124 valence electrons. The Hall–Kier alpha value is -2.95. The third kappa shape index (κ3) is 3.20. The Morgan fingerprint density at radius 2 is 1.83 bits per heavy atom. The molecule has 0 fully saturated rings. The molecule has 0 unspecified atom stereocenters. The molecule has 0 saturated heterocycles. The van der Waals surface area contributed by atoms with Crippen LogP contribution in [0.3, 0.4) is 0 Å². The molecule has 0 saturated carbocycles. The van der Waals surface area contributed by atoms with Gasteiger partial charge in [0, 0.05) is 11.6 Å². The summed E-state index contributed by atoms with van der Waals surface area (Å²) in [5, 5.41) is 26.6. The number of hydrogen-bond donors (Lipinski definition) is 3. The van der Waals surface area contributed by atoms with Gasteiger partial charge in [-0.25, -0.2) is 0 Å². The molecule has 5 heteroatoms. The van der Waals surface area contributed by atoms with Crippen molar-refractivity contribution in [2.24, 2.45) is 0 Å². The summed E-state index contributed by atoms with van der Waals surface area (Å²) in [6.45, 7) is 4.00. The van der Waals surface area contributed by atoms with Crippen LogP contribution in [-0.2, 0) is 6.42 Å². The fourth-order valence-corrected chi connectivity index (χ4v) is 2.58. The van der Waals surface area contributed by atoms with Crippen molar-refractivity contribution >= 4 is 0 Å². The van der Waals surface area contributed by atoms with Crippen molar-refractivity contribution in [3.05, 3.63) is 53.7 Å². The number of nitrogens with one attached hydrogen (secondary N) is 1. The van der Waals surface area contributed by atoms with Gasteiger partial charge in [0.1, 0.15) is 22.9 Å². The second kappa shape index (κ2) is 6.66. The number of aryl methyl sites for hydroxylation is 2. The van der Waals surface area contributed by atoms with E-state index in [4.69, 9.17) is 4.74 Å². The highest BCUT2D eigenvalue weighted by atomic mass is 16.5. The Labute approximate surface area is 140 Å². The predicted molar refractivity (Wildman–Crippen MR) is 92.6 cm³/mol. The Morgan fingerprint density at radius 1 is 1.08 bits per heavy atom. The van der Waals surface area contributed by atoms with Crippen molar-refractivity contribution in [2.45, 2.75) is 26.7 Å². The molecule has 3 N–H and O–H groups in total. The van der Waals surface area contributed by atoms with E-state index in [9.17, 15) is 10.2 Å². The van der Waals surface area contributed by atoms with Crippen molar-refractivity contribution in [1.29, 1.82) is 0 Å². The smallest absolute Gasteiger partial charge is 0.176 e. The molecule has 1 heterocycles.